The number of anilines is 1. The Balaban J connectivity index is 1.58. The molecular weight excluding hydrogens is 331 g/mol. The zero-order valence-corrected chi connectivity index (χ0v) is 15.1. The van der Waals surface area contributed by atoms with Gasteiger partial charge in [-0.15, -0.1) is 0 Å². The van der Waals surface area contributed by atoms with Crippen molar-refractivity contribution in [1.29, 1.82) is 0 Å². The Morgan fingerprint density at radius 3 is 2.19 bits per heavy atom. The minimum atomic E-state index is -0.961. The van der Waals surface area contributed by atoms with Crippen LogP contribution in [0.5, 0.6) is 0 Å². The molecule has 2 N–H and O–H groups in total. The minimum absolute atomic E-state index is 0.233. The van der Waals surface area contributed by atoms with Gasteiger partial charge in [0, 0.05) is 12.2 Å². The number of halogens is 1. The van der Waals surface area contributed by atoms with E-state index in [-0.39, 0.29) is 17.6 Å². The van der Waals surface area contributed by atoms with Crippen LogP contribution in [0.2, 0.25) is 0 Å². The van der Waals surface area contributed by atoms with Crippen LogP contribution in [0.1, 0.15) is 29.5 Å². The lowest BCUT2D eigenvalue weighted by atomic mass is 10.0. The molecule has 0 spiro atoms. The van der Waals surface area contributed by atoms with Crippen molar-refractivity contribution < 1.29 is 14.0 Å². The second-order valence-corrected chi connectivity index (χ2v) is 6.94. The molecule has 4 nitrogen and oxygen atoms in total. The summed E-state index contributed by atoms with van der Waals surface area (Å²) in [4.78, 5) is 25.2. The van der Waals surface area contributed by atoms with E-state index >= 15 is 0 Å². The molecular formula is C21H23FN2O2. The number of carbonyl (C=O) groups is 2. The summed E-state index contributed by atoms with van der Waals surface area (Å²) in [5.74, 6) is -0.754. The Kier molecular flexibility index (Phi) is 5.07. The van der Waals surface area contributed by atoms with E-state index in [1.807, 2.05) is 32.0 Å². The van der Waals surface area contributed by atoms with Crippen LogP contribution in [0.3, 0.4) is 0 Å². The lowest BCUT2D eigenvalue weighted by molar-refractivity contribution is -0.134. The maximum atomic E-state index is 12.9. The monoisotopic (exact) mass is 354 g/mol. The van der Waals surface area contributed by atoms with E-state index in [1.54, 1.807) is 12.1 Å². The summed E-state index contributed by atoms with van der Waals surface area (Å²) in [7, 11) is 0. The molecule has 0 radical (unpaired) electrons. The molecule has 1 aliphatic carbocycles. The van der Waals surface area contributed by atoms with Gasteiger partial charge in [0.15, 0.2) is 0 Å². The fourth-order valence-corrected chi connectivity index (χ4v) is 3.07. The third kappa shape index (κ3) is 3.77. The predicted octanol–water partition coefficient (Wildman–Crippen LogP) is 3.52. The summed E-state index contributed by atoms with van der Waals surface area (Å²) >= 11 is 0. The average molecular weight is 354 g/mol. The van der Waals surface area contributed by atoms with Crippen molar-refractivity contribution in [2.45, 2.75) is 33.1 Å². The molecule has 0 atom stereocenters. The van der Waals surface area contributed by atoms with Gasteiger partial charge >= 0.3 is 0 Å². The highest BCUT2D eigenvalue weighted by molar-refractivity contribution is 6.13. The zero-order chi connectivity index (χ0) is 18.7. The Morgan fingerprint density at radius 2 is 1.62 bits per heavy atom. The number of hydrogen-bond acceptors (Lipinski definition) is 2. The van der Waals surface area contributed by atoms with Crippen LogP contribution >= 0.6 is 0 Å². The lowest BCUT2D eigenvalue weighted by Crippen LogP contribution is -2.40. The van der Waals surface area contributed by atoms with E-state index in [9.17, 15) is 14.0 Å². The van der Waals surface area contributed by atoms with Crippen LogP contribution in [-0.2, 0) is 16.0 Å². The van der Waals surface area contributed by atoms with E-state index in [0.717, 1.165) is 22.4 Å². The van der Waals surface area contributed by atoms with Gasteiger partial charge in [0.1, 0.15) is 11.2 Å². The van der Waals surface area contributed by atoms with Crippen molar-refractivity contribution in [2.75, 3.05) is 11.9 Å². The number of nitrogens with one attached hydrogen (secondary N) is 2. The molecule has 0 heterocycles. The summed E-state index contributed by atoms with van der Waals surface area (Å²) in [6, 6.07) is 12.0. The second kappa shape index (κ2) is 7.28. The summed E-state index contributed by atoms with van der Waals surface area (Å²) < 4.78 is 12.9. The number of para-hydroxylation sites is 1. The van der Waals surface area contributed by atoms with Crippen molar-refractivity contribution >= 4 is 17.5 Å². The highest BCUT2D eigenvalue weighted by Crippen LogP contribution is 2.47. The Bertz CT molecular complexity index is 806. The summed E-state index contributed by atoms with van der Waals surface area (Å²) in [6.07, 6.45) is 1.72. The van der Waals surface area contributed by atoms with Gasteiger partial charge in [-0.2, -0.15) is 0 Å². The topological polar surface area (TPSA) is 58.2 Å². The highest BCUT2D eigenvalue weighted by atomic mass is 19.1. The Morgan fingerprint density at radius 1 is 1.00 bits per heavy atom. The molecule has 0 bridgehead atoms. The second-order valence-electron chi connectivity index (χ2n) is 6.94. The highest BCUT2D eigenvalue weighted by Gasteiger charge is 2.56. The first-order valence-electron chi connectivity index (χ1n) is 8.83. The van der Waals surface area contributed by atoms with Gasteiger partial charge in [-0.25, -0.2) is 4.39 Å². The summed E-state index contributed by atoms with van der Waals surface area (Å²) in [5, 5.41) is 5.79. The smallest absolute Gasteiger partial charge is 0.240 e. The van der Waals surface area contributed by atoms with E-state index in [2.05, 4.69) is 10.6 Å². The van der Waals surface area contributed by atoms with Crippen molar-refractivity contribution in [3.8, 4) is 0 Å². The van der Waals surface area contributed by atoms with Crippen molar-refractivity contribution in [3.05, 3.63) is 65.0 Å². The summed E-state index contributed by atoms with van der Waals surface area (Å²) in [6.45, 7) is 4.29. The number of carbonyl (C=O) groups excluding carboxylic acids is 2. The van der Waals surface area contributed by atoms with Crippen LogP contribution < -0.4 is 10.6 Å². The zero-order valence-electron chi connectivity index (χ0n) is 15.1. The molecule has 1 saturated carbocycles. The Hall–Kier alpha value is -2.69. The number of rotatable bonds is 6. The first kappa shape index (κ1) is 18.1. The maximum Gasteiger partial charge on any atom is 0.240 e. The molecule has 1 aliphatic rings. The maximum absolute atomic E-state index is 12.9. The van der Waals surface area contributed by atoms with Crippen molar-refractivity contribution in [3.63, 3.8) is 0 Å². The first-order chi connectivity index (χ1) is 12.4. The third-order valence-electron chi connectivity index (χ3n) is 4.95. The molecule has 0 aromatic heterocycles. The standard InChI is InChI=1S/C21H23FN2O2/c1-14-4-3-5-15(2)18(14)24-20(26)21(11-12-21)19(25)23-13-10-16-6-8-17(22)9-7-16/h3-9H,10-13H2,1-2H3,(H,23,25)(H,24,26). The van der Waals surface area contributed by atoms with Crippen molar-refractivity contribution in [2.24, 2.45) is 5.41 Å². The van der Waals surface area contributed by atoms with Gasteiger partial charge < -0.3 is 10.6 Å². The normalized spacial score (nSPS) is 14.6. The molecule has 2 aromatic rings. The van der Waals surface area contributed by atoms with Crippen LogP contribution in [-0.4, -0.2) is 18.4 Å². The van der Waals surface area contributed by atoms with E-state index < -0.39 is 5.41 Å². The molecule has 0 saturated heterocycles. The number of hydrogen-bond donors (Lipinski definition) is 2. The molecule has 0 aliphatic heterocycles. The van der Waals surface area contributed by atoms with E-state index in [0.29, 0.717) is 25.8 Å². The largest absolute Gasteiger partial charge is 0.355 e. The van der Waals surface area contributed by atoms with Crippen LogP contribution in [0.4, 0.5) is 10.1 Å². The third-order valence-corrected chi connectivity index (χ3v) is 4.95. The summed E-state index contributed by atoms with van der Waals surface area (Å²) in [5.41, 5.74) is 2.72. The molecule has 26 heavy (non-hydrogen) atoms. The first-order valence-corrected chi connectivity index (χ1v) is 8.83. The van der Waals surface area contributed by atoms with Gasteiger partial charge in [0.05, 0.1) is 0 Å². The van der Waals surface area contributed by atoms with Gasteiger partial charge in [-0.3, -0.25) is 9.59 Å². The van der Waals surface area contributed by atoms with Gasteiger partial charge in [-0.1, -0.05) is 30.3 Å². The van der Waals surface area contributed by atoms with E-state index in [1.165, 1.54) is 12.1 Å². The van der Waals surface area contributed by atoms with E-state index in [4.69, 9.17) is 0 Å². The van der Waals surface area contributed by atoms with Gasteiger partial charge in [-0.05, 0) is 61.9 Å². The SMILES string of the molecule is Cc1cccc(C)c1NC(=O)C1(C(=O)NCCc2ccc(F)cc2)CC1. The number of benzene rings is 2. The molecule has 2 amide bonds. The minimum Gasteiger partial charge on any atom is -0.355 e. The predicted molar refractivity (Wildman–Crippen MR) is 99.3 cm³/mol. The quantitative estimate of drug-likeness (QED) is 0.780. The average Bonchev–Trinajstić information content (AvgIpc) is 3.42. The molecule has 136 valence electrons. The van der Waals surface area contributed by atoms with Gasteiger partial charge in [0.2, 0.25) is 11.8 Å². The fourth-order valence-electron chi connectivity index (χ4n) is 3.07. The molecule has 5 heteroatoms. The lowest BCUT2D eigenvalue weighted by Gasteiger charge is -2.17. The van der Waals surface area contributed by atoms with Crippen LogP contribution in [0.25, 0.3) is 0 Å². The van der Waals surface area contributed by atoms with Crippen LogP contribution in [0.15, 0.2) is 42.5 Å². The molecule has 0 unspecified atom stereocenters. The number of amides is 2. The van der Waals surface area contributed by atoms with Crippen molar-refractivity contribution in [1.82, 2.24) is 5.32 Å². The van der Waals surface area contributed by atoms with Crippen LogP contribution in [0, 0.1) is 25.1 Å². The molecule has 3 rings (SSSR count). The molecule has 2 aromatic carbocycles. The number of aryl methyl sites for hydroxylation is 2. The van der Waals surface area contributed by atoms with Gasteiger partial charge in [0.25, 0.3) is 0 Å². The fraction of sp³-hybridized carbons (Fsp3) is 0.333. The Labute approximate surface area is 152 Å². The molecule has 1 fully saturated rings.